The van der Waals surface area contributed by atoms with Gasteiger partial charge in [-0.05, 0) is 43.7 Å². The molecule has 0 aliphatic carbocycles. The SMILES string of the molecule is CCOc1c(/C(C)=C/C(=O)Nc2nnc(SCC)s2)cc2c(-c3ccccc3)coc2c1C. The Morgan fingerprint density at radius 1 is 1.24 bits per heavy atom. The summed E-state index contributed by atoms with van der Waals surface area (Å²) in [5, 5.41) is 12.4. The molecule has 2 heterocycles. The third-order valence-electron chi connectivity index (χ3n) is 5.09. The second-order valence-corrected chi connectivity index (χ2v) is 9.81. The fourth-order valence-electron chi connectivity index (χ4n) is 3.64. The molecule has 0 fully saturated rings. The zero-order valence-corrected chi connectivity index (χ0v) is 20.6. The minimum atomic E-state index is -0.257. The number of benzene rings is 2. The van der Waals surface area contributed by atoms with Crippen molar-refractivity contribution in [2.45, 2.75) is 32.0 Å². The van der Waals surface area contributed by atoms with E-state index in [1.807, 2.05) is 45.0 Å². The summed E-state index contributed by atoms with van der Waals surface area (Å²) in [7, 11) is 0. The molecule has 0 bridgehead atoms. The van der Waals surface area contributed by atoms with E-state index in [0.717, 1.165) is 54.6 Å². The van der Waals surface area contributed by atoms with Crippen LogP contribution in [0.25, 0.3) is 27.7 Å². The maximum absolute atomic E-state index is 12.7. The van der Waals surface area contributed by atoms with Crippen LogP contribution in [-0.4, -0.2) is 28.5 Å². The van der Waals surface area contributed by atoms with Gasteiger partial charge in [0.2, 0.25) is 11.0 Å². The Labute approximate surface area is 201 Å². The minimum absolute atomic E-state index is 0.257. The average molecular weight is 480 g/mol. The molecule has 4 aromatic rings. The topological polar surface area (TPSA) is 77.2 Å². The molecule has 0 unspecified atom stereocenters. The summed E-state index contributed by atoms with van der Waals surface area (Å²) in [4.78, 5) is 12.7. The number of rotatable bonds is 8. The third kappa shape index (κ3) is 4.96. The summed E-state index contributed by atoms with van der Waals surface area (Å²) in [6, 6.07) is 12.1. The number of hydrogen-bond acceptors (Lipinski definition) is 7. The van der Waals surface area contributed by atoms with Gasteiger partial charge in [-0.2, -0.15) is 0 Å². The molecule has 0 aliphatic heterocycles. The normalized spacial score (nSPS) is 11.7. The molecule has 33 heavy (non-hydrogen) atoms. The molecular weight excluding hydrogens is 454 g/mol. The van der Waals surface area contributed by atoms with Gasteiger partial charge in [0.25, 0.3) is 0 Å². The first-order valence-electron chi connectivity index (χ1n) is 10.7. The van der Waals surface area contributed by atoms with Crippen LogP contribution in [0.3, 0.4) is 0 Å². The van der Waals surface area contributed by atoms with Crippen molar-refractivity contribution in [1.82, 2.24) is 10.2 Å². The Hall–Kier alpha value is -3.10. The number of furan rings is 1. The molecule has 8 heteroatoms. The number of nitrogens with zero attached hydrogens (tertiary/aromatic N) is 2. The maximum atomic E-state index is 12.7. The number of aryl methyl sites for hydroxylation is 1. The quantitative estimate of drug-likeness (QED) is 0.170. The van der Waals surface area contributed by atoms with Crippen LogP contribution in [0.2, 0.25) is 0 Å². The Morgan fingerprint density at radius 3 is 2.76 bits per heavy atom. The van der Waals surface area contributed by atoms with E-state index in [4.69, 9.17) is 9.15 Å². The molecule has 170 valence electrons. The first-order chi connectivity index (χ1) is 16.0. The summed E-state index contributed by atoms with van der Waals surface area (Å²) in [6.07, 6.45) is 3.35. The number of thioether (sulfide) groups is 1. The molecule has 1 N–H and O–H groups in total. The zero-order chi connectivity index (χ0) is 23.4. The number of ether oxygens (including phenoxy) is 1. The Bertz CT molecular complexity index is 1310. The van der Waals surface area contributed by atoms with Gasteiger partial charge in [-0.3, -0.25) is 10.1 Å². The molecule has 0 spiro atoms. The van der Waals surface area contributed by atoms with E-state index in [0.29, 0.717) is 11.7 Å². The highest BCUT2D eigenvalue weighted by Crippen LogP contribution is 2.40. The lowest BCUT2D eigenvalue weighted by molar-refractivity contribution is -0.111. The number of carbonyl (C=O) groups excluding carboxylic acids is 1. The van der Waals surface area contributed by atoms with E-state index in [9.17, 15) is 4.79 Å². The largest absolute Gasteiger partial charge is 0.493 e. The van der Waals surface area contributed by atoms with Gasteiger partial charge in [-0.15, -0.1) is 10.2 Å². The van der Waals surface area contributed by atoms with E-state index in [2.05, 4.69) is 34.6 Å². The van der Waals surface area contributed by atoms with E-state index >= 15 is 0 Å². The summed E-state index contributed by atoms with van der Waals surface area (Å²) < 4.78 is 12.8. The fraction of sp³-hybridized carbons (Fsp3) is 0.240. The number of anilines is 1. The van der Waals surface area contributed by atoms with Crippen molar-refractivity contribution < 1.29 is 13.9 Å². The van der Waals surface area contributed by atoms with Crippen LogP contribution in [0.1, 0.15) is 31.9 Å². The van der Waals surface area contributed by atoms with Gasteiger partial charge in [0, 0.05) is 28.2 Å². The van der Waals surface area contributed by atoms with E-state index < -0.39 is 0 Å². The summed E-state index contributed by atoms with van der Waals surface area (Å²) in [6.45, 7) is 8.39. The lowest BCUT2D eigenvalue weighted by Gasteiger charge is -2.15. The second-order valence-electron chi connectivity index (χ2n) is 7.33. The predicted octanol–water partition coefficient (Wildman–Crippen LogP) is 6.81. The Kier molecular flexibility index (Phi) is 7.15. The summed E-state index contributed by atoms with van der Waals surface area (Å²) >= 11 is 2.96. The minimum Gasteiger partial charge on any atom is -0.493 e. The van der Waals surface area contributed by atoms with Crippen molar-refractivity contribution in [3.63, 3.8) is 0 Å². The molecule has 2 aromatic carbocycles. The van der Waals surface area contributed by atoms with Gasteiger partial charge in [0.1, 0.15) is 11.3 Å². The number of carbonyl (C=O) groups is 1. The Balaban J connectivity index is 1.72. The van der Waals surface area contributed by atoms with Gasteiger partial charge in [-0.25, -0.2) is 0 Å². The van der Waals surface area contributed by atoms with Crippen LogP contribution in [0.5, 0.6) is 5.75 Å². The molecule has 1 amide bonds. The number of amides is 1. The number of fused-ring (bicyclic) bond motifs is 1. The van der Waals surface area contributed by atoms with Gasteiger partial charge >= 0.3 is 0 Å². The highest BCUT2D eigenvalue weighted by Gasteiger charge is 2.19. The highest BCUT2D eigenvalue weighted by molar-refractivity contribution is 8.01. The second kappa shape index (κ2) is 10.2. The molecule has 0 saturated carbocycles. The fourth-order valence-corrected chi connectivity index (χ4v) is 5.29. The lowest BCUT2D eigenvalue weighted by Crippen LogP contribution is -2.08. The van der Waals surface area contributed by atoms with Gasteiger partial charge in [0.05, 0.1) is 12.9 Å². The number of aromatic nitrogens is 2. The van der Waals surface area contributed by atoms with Gasteiger partial charge in [-0.1, -0.05) is 60.4 Å². The molecule has 6 nitrogen and oxygen atoms in total. The molecule has 0 atom stereocenters. The number of nitrogens with one attached hydrogen (secondary N) is 1. The Morgan fingerprint density at radius 2 is 2.03 bits per heavy atom. The van der Waals surface area contributed by atoms with E-state index in [1.165, 1.54) is 11.3 Å². The van der Waals surface area contributed by atoms with E-state index in [1.54, 1.807) is 24.1 Å². The van der Waals surface area contributed by atoms with Crippen LogP contribution in [0.4, 0.5) is 5.13 Å². The molecular formula is C25H25N3O3S2. The van der Waals surface area contributed by atoms with Crippen molar-refractivity contribution in [3.8, 4) is 16.9 Å². The average Bonchev–Trinajstić information content (AvgIpc) is 3.43. The van der Waals surface area contributed by atoms with Crippen molar-refractivity contribution in [2.24, 2.45) is 0 Å². The first kappa shape index (κ1) is 23.1. The number of hydrogen-bond donors (Lipinski definition) is 1. The highest BCUT2D eigenvalue weighted by atomic mass is 32.2. The van der Waals surface area contributed by atoms with Crippen molar-refractivity contribution in [2.75, 3.05) is 17.7 Å². The lowest BCUT2D eigenvalue weighted by atomic mass is 9.96. The van der Waals surface area contributed by atoms with Crippen LogP contribution < -0.4 is 10.1 Å². The van der Waals surface area contributed by atoms with Crippen molar-refractivity contribution >= 4 is 50.7 Å². The standard InChI is InChI=1S/C25H25N3O3S2/c1-5-30-22-16(4)23-19(20(14-31-23)17-10-8-7-9-11-17)13-18(22)15(3)12-21(29)26-24-27-28-25(33-24)32-6-2/h7-14H,5-6H2,1-4H3,(H,26,27,29)/b15-12+. The van der Waals surface area contributed by atoms with Crippen LogP contribution in [0, 0.1) is 6.92 Å². The molecule has 0 radical (unpaired) electrons. The number of allylic oxidation sites excluding steroid dienone is 1. The first-order valence-corrected chi connectivity index (χ1v) is 12.5. The predicted molar refractivity (Wildman–Crippen MR) is 136 cm³/mol. The van der Waals surface area contributed by atoms with E-state index in [-0.39, 0.29) is 5.91 Å². The monoisotopic (exact) mass is 479 g/mol. The van der Waals surface area contributed by atoms with Crippen molar-refractivity contribution in [1.29, 1.82) is 0 Å². The molecule has 2 aromatic heterocycles. The molecule has 0 saturated heterocycles. The third-order valence-corrected chi connectivity index (χ3v) is 6.95. The van der Waals surface area contributed by atoms with Gasteiger partial charge in [0.15, 0.2) is 4.34 Å². The zero-order valence-electron chi connectivity index (χ0n) is 19.0. The summed E-state index contributed by atoms with van der Waals surface area (Å²) in [5.74, 6) is 1.37. The maximum Gasteiger partial charge on any atom is 0.250 e. The van der Waals surface area contributed by atoms with Crippen molar-refractivity contribution in [3.05, 3.63) is 59.9 Å². The van der Waals surface area contributed by atoms with Crippen LogP contribution >= 0.6 is 23.1 Å². The molecule has 0 aliphatic rings. The van der Waals surface area contributed by atoms with Crippen LogP contribution in [0.15, 0.2) is 57.5 Å². The smallest absolute Gasteiger partial charge is 0.250 e. The van der Waals surface area contributed by atoms with Gasteiger partial charge < -0.3 is 9.15 Å². The summed E-state index contributed by atoms with van der Waals surface area (Å²) in [5.41, 5.74) is 5.41. The molecule has 4 rings (SSSR count). The van der Waals surface area contributed by atoms with Crippen LogP contribution in [-0.2, 0) is 4.79 Å².